The molecule has 6 heteroatoms. The SMILES string of the molecule is O=C(NCC(F)(F)F)Oc1ccccc1. The van der Waals surface area contributed by atoms with Crippen LogP contribution in [0.3, 0.4) is 0 Å². The molecule has 0 saturated carbocycles. The van der Waals surface area contributed by atoms with E-state index in [9.17, 15) is 18.0 Å². The normalized spacial score (nSPS) is 10.9. The Balaban J connectivity index is 2.38. The molecule has 0 aliphatic carbocycles. The summed E-state index contributed by atoms with van der Waals surface area (Å²) in [5.74, 6) is 0.192. The zero-order valence-electron chi connectivity index (χ0n) is 7.54. The lowest BCUT2D eigenvalue weighted by Crippen LogP contribution is -2.35. The highest BCUT2D eigenvalue weighted by Crippen LogP contribution is 2.13. The van der Waals surface area contributed by atoms with Crippen LogP contribution in [0.4, 0.5) is 18.0 Å². The molecule has 0 atom stereocenters. The molecule has 1 amide bonds. The lowest BCUT2D eigenvalue weighted by atomic mass is 10.3. The van der Waals surface area contributed by atoms with Crippen LogP contribution >= 0.6 is 0 Å². The first-order valence-electron chi connectivity index (χ1n) is 4.05. The summed E-state index contributed by atoms with van der Waals surface area (Å²) in [7, 11) is 0. The van der Waals surface area contributed by atoms with Gasteiger partial charge >= 0.3 is 12.3 Å². The fraction of sp³-hybridized carbons (Fsp3) is 0.222. The average molecular weight is 219 g/mol. The Kier molecular flexibility index (Phi) is 3.54. The smallest absolute Gasteiger partial charge is 0.410 e. The Labute approximate surface area is 83.8 Å². The standard InChI is InChI=1S/C9H8F3NO2/c10-9(11,12)6-13-8(14)15-7-4-2-1-3-5-7/h1-5H,6H2,(H,13,14). The number of hydrogen-bond donors (Lipinski definition) is 1. The highest BCUT2D eigenvalue weighted by atomic mass is 19.4. The molecule has 1 N–H and O–H groups in total. The number of para-hydroxylation sites is 1. The molecule has 0 aliphatic rings. The van der Waals surface area contributed by atoms with Gasteiger partial charge in [0.1, 0.15) is 12.3 Å². The summed E-state index contributed by atoms with van der Waals surface area (Å²) in [4.78, 5) is 10.8. The van der Waals surface area contributed by atoms with E-state index in [1.807, 2.05) is 0 Å². The summed E-state index contributed by atoms with van der Waals surface area (Å²) in [6.07, 6.45) is -5.56. The van der Waals surface area contributed by atoms with Crippen molar-refractivity contribution in [3.05, 3.63) is 30.3 Å². The number of alkyl halides is 3. The average Bonchev–Trinajstić information content (AvgIpc) is 2.15. The van der Waals surface area contributed by atoms with Crippen LogP contribution in [0.5, 0.6) is 5.75 Å². The molecule has 3 nitrogen and oxygen atoms in total. The molecule has 1 aromatic rings. The molecule has 0 bridgehead atoms. The number of benzene rings is 1. The zero-order valence-corrected chi connectivity index (χ0v) is 7.54. The number of hydrogen-bond acceptors (Lipinski definition) is 2. The molecule has 0 aliphatic heterocycles. The maximum Gasteiger partial charge on any atom is 0.412 e. The van der Waals surface area contributed by atoms with Crippen LogP contribution in [-0.2, 0) is 0 Å². The molecule has 0 radical (unpaired) electrons. The van der Waals surface area contributed by atoms with E-state index in [2.05, 4.69) is 4.74 Å². The second kappa shape index (κ2) is 4.68. The van der Waals surface area contributed by atoms with Crippen LogP contribution < -0.4 is 10.1 Å². The van der Waals surface area contributed by atoms with E-state index in [1.165, 1.54) is 12.1 Å². The zero-order chi connectivity index (χ0) is 11.3. The van der Waals surface area contributed by atoms with Crippen molar-refractivity contribution in [1.29, 1.82) is 0 Å². The lowest BCUT2D eigenvalue weighted by molar-refractivity contribution is -0.123. The minimum absolute atomic E-state index is 0.192. The highest BCUT2D eigenvalue weighted by molar-refractivity contribution is 5.70. The van der Waals surface area contributed by atoms with E-state index in [0.29, 0.717) is 0 Å². The van der Waals surface area contributed by atoms with Gasteiger partial charge in [-0.3, -0.25) is 0 Å². The Bertz CT molecular complexity index is 324. The largest absolute Gasteiger partial charge is 0.412 e. The van der Waals surface area contributed by atoms with Gasteiger partial charge in [-0.2, -0.15) is 13.2 Å². The van der Waals surface area contributed by atoms with Gasteiger partial charge in [0.2, 0.25) is 0 Å². The fourth-order valence-electron chi connectivity index (χ4n) is 0.804. The summed E-state index contributed by atoms with van der Waals surface area (Å²) >= 11 is 0. The minimum atomic E-state index is -4.43. The Morgan fingerprint density at radius 3 is 2.40 bits per heavy atom. The first kappa shape index (κ1) is 11.4. The van der Waals surface area contributed by atoms with E-state index in [-0.39, 0.29) is 5.75 Å². The molecule has 0 spiro atoms. The van der Waals surface area contributed by atoms with Gasteiger partial charge < -0.3 is 10.1 Å². The minimum Gasteiger partial charge on any atom is -0.410 e. The molecule has 0 fully saturated rings. The van der Waals surface area contributed by atoms with E-state index < -0.39 is 18.8 Å². The van der Waals surface area contributed by atoms with E-state index in [4.69, 9.17) is 0 Å². The third kappa shape index (κ3) is 4.90. The van der Waals surface area contributed by atoms with Crippen molar-refractivity contribution < 1.29 is 22.7 Å². The third-order valence-electron chi connectivity index (χ3n) is 1.39. The van der Waals surface area contributed by atoms with Crippen molar-refractivity contribution in [2.45, 2.75) is 6.18 Å². The van der Waals surface area contributed by atoms with Gasteiger partial charge in [-0.1, -0.05) is 18.2 Å². The van der Waals surface area contributed by atoms with Gasteiger partial charge in [0.25, 0.3) is 0 Å². The van der Waals surface area contributed by atoms with Crippen molar-refractivity contribution in [2.75, 3.05) is 6.54 Å². The fourth-order valence-corrected chi connectivity index (χ4v) is 0.804. The maximum atomic E-state index is 11.7. The second-order valence-corrected chi connectivity index (χ2v) is 2.67. The molecule has 15 heavy (non-hydrogen) atoms. The molecule has 0 saturated heterocycles. The van der Waals surface area contributed by atoms with Gasteiger partial charge in [-0.25, -0.2) is 4.79 Å². The third-order valence-corrected chi connectivity index (χ3v) is 1.39. The molecular formula is C9H8F3NO2. The van der Waals surface area contributed by atoms with Crippen LogP contribution in [0.25, 0.3) is 0 Å². The molecule has 0 aromatic heterocycles. The van der Waals surface area contributed by atoms with Crippen LogP contribution in [0.1, 0.15) is 0 Å². The number of halogens is 3. The van der Waals surface area contributed by atoms with Crippen molar-refractivity contribution in [3.63, 3.8) is 0 Å². The van der Waals surface area contributed by atoms with E-state index in [1.54, 1.807) is 23.5 Å². The maximum absolute atomic E-state index is 11.7. The van der Waals surface area contributed by atoms with Gasteiger partial charge in [-0.05, 0) is 12.1 Å². The highest BCUT2D eigenvalue weighted by Gasteiger charge is 2.28. The second-order valence-electron chi connectivity index (χ2n) is 2.67. The topological polar surface area (TPSA) is 38.3 Å². The Hall–Kier alpha value is -1.72. The predicted molar refractivity (Wildman–Crippen MR) is 46.5 cm³/mol. The van der Waals surface area contributed by atoms with Gasteiger partial charge in [0.15, 0.2) is 0 Å². The van der Waals surface area contributed by atoms with Crippen molar-refractivity contribution in [3.8, 4) is 5.75 Å². The Morgan fingerprint density at radius 1 is 1.27 bits per heavy atom. The molecule has 1 aromatic carbocycles. The first-order valence-corrected chi connectivity index (χ1v) is 4.05. The van der Waals surface area contributed by atoms with Crippen molar-refractivity contribution in [2.24, 2.45) is 0 Å². The van der Waals surface area contributed by atoms with Crippen molar-refractivity contribution >= 4 is 6.09 Å². The predicted octanol–water partition coefficient (Wildman–Crippen LogP) is 2.34. The first-order chi connectivity index (χ1) is 6.97. The summed E-state index contributed by atoms with van der Waals surface area (Å²) in [6.45, 7) is -1.40. The van der Waals surface area contributed by atoms with Crippen LogP contribution in [0.2, 0.25) is 0 Å². The summed E-state index contributed by atoms with van der Waals surface area (Å²) in [5, 5.41) is 1.58. The molecular weight excluding hydrogens is 211 g/mol. The quantitative estimate of drug-likeness (QED) is 0.828. The summed E-state index contributed by atoms with van der Waals surface area (Å²) < 4.78 is 39.6. The molecule has 0 unspecified atom stereocenters. The lowest BCUT2D eigenvalue weighted by Gasteiger charge is -2.08. The number of carbonyl (C=O) groups excluding carboxylic acids is 1. The monoisotopic (exact) mass is 219 g/mol. The number of ether oxygens (including phenoxy) is 1. The van der Waals surface area contributed by atoms with Crippen LogP contribution in [0, 0.1) is 0 Å². The Morgan fingerprint density at radius 2 is 1.87 bits per heavy atom. The molecule has 0 heterocycles. The number of carbonyl (C=O) groups is 1. The molecule has 1 rings (SSSR count). The van der Waals surface area contributed by atoms with E-state index >= 15 is 0 Å². The van der Waals surface area contributed by atoms with Crippen LogP contribution in [0.15, 0.2) is 30.3 Å². The summed E-state index contributed by atoms with van der Waals surface area (Å²) in [6, 6.07) is 7.83. The van der Waals surface area contributed by atoms with Crippen molar-refractivity contribution in [1.82, 2.24) is 5.32 Å². The van der Waals surface area contributed by atoms with Gasteiger partial charge in [0, 0.05) is 0 Å². The summed E-state index contributed by atoms with van der Waals surface area (Å²) in [5.41, 5.74) is 0. The van der Waals surface area contributed by atoms with E-state index in [0.717, 1.165) is 0 Å². The van der Waals surface area contributed by atoms with Crippen LogP contribution in [-0.4, -0.2) is 18.8 Å². The number of nitrogens with one attached hydrogen (secondary N) is 1. The number of rotatable bonds is 2. The molecule has 82 valence electrons. The van der Waals surface area contributed by atoms with Gasteiger partial charge in [0.05, 0.1) is 0 Å². The van der Waals surface area contributed by atoms with Gasteiger partial charge in [-0.15, -0.1) is 0 Å². The number of amides is 1.